The van der Waals surface area contributed by atoms with Crippen molar-refractivity contribution in [3.8, 4) is 5.75 Å². The first kappa shape index (κ1) is 19.2. The summed E-state index contributed by atoms with van der Waals surface area (Å²) in [5.74, 6) is -0.146. The molecular formula is C19H25N3O5. The number of ether oxygens (including phenoxy) is 2. The molecule has 0 bridgehead atoms. The fourth-order valence-corrected chi connectivity index (χ4v) is 3.74. The molecule has 0 aromatic heterocycles. The van der Waals surface area contributed by atoms with E-state index < -0.39 is 6.03 Å². The van der Waals surface area contributed by atoms with Gasteiger partial charge in [0.05, 0.1) is 26.2 Å². The van der Waals surface area contributed by atoms with Crippen molar-refractivity contribution in [1.29, 1.82) is 0 Å². The lowest BCUT2D eigenvalue weighted by molar-refractivity contribution is -0.138. The molecule has 1 saturated heterocycles. The van der Waals surface area contributed by atoms with E-state index in [1.165, 1.54) is 12.0 Å². The van der Waals surface area contributed by atoms with Crippen LogP contribution in [0.5, 0.6) is 5.75 Å². The number of benzene rings is 1. The number of nitrogens with zero attached hydrogens (tertiary/aromatic N) is 1. The fourth-order valence-electron chi connectivity index (χ4n) is 3.74. The van der Waals surface area contributed by atoms with Gasteiger partial charge in [-0.2, -0.15) is 0 Å². The largest absolute Gasteiger partial charge is 0.497 e. The van der Waals surface area contributed by atoms with Crippen LogP contribution in [0, 0.1) is 11.8 Å². The fraction of sp³-hybridized carbons (Fsp3) is 0.526. The predicted molar refractivity (Wildman–Crippen MR) is 98.4 cm³/mol. The summed E-state index contributed by atoms with van der Waals surface area (Å²) >= 11 is 0. The van der Waals surface area contributed by atoms with Crippen molar-refractivity contribution < 1.29 is 23.9 Å². The van der Waals surface area contributed by atoms with Gasteiger partial charge in [-0.25, -0.2) is 4.79 Å². The van der Waals surface area contributed by atoms with Gasteiger partial charge < -0.3 is 20.1 Å². The number of nitrogens with one attached hydrogen (secondary N) is 2. The summed E-state index contributed by atoms with van der Waals surface area (Å²) in [6.07, 6.45) is 1.64. The van der Waals surface area contributed by atoms with Crippen molar-refractivity contribution in [2.45, 2.75) is 25.3 Å². The molecule has 2 aliphatic rings. The van der Waals surface area contributed by atoms with Gasteiger partial charge in [0.1, 0.15) is 5.75 Å². The minimum atomic E-state index is -0.410. The first-order valence-corrected chi connectivity index (χ1v) is 9.09. The zero-order chi connectivity index (χ0) is 19.4. The molecule has 1 aliphatic carbocycles. The van der Waals surface area contributed by atoms with Crippen molar-refractivity contribution in [2.24, 2.45) is 11.8 Å². The van der Waals surface area contributed by atoms with E-state index in [-0.39, 0.29) is 36.2 Å². The van der Waals surface area contributed by atoms with Crippen LogP contribution in [0.2, 0.25) is 0 Å². The quantitative estimate of drug-likeness (QED) is 0.787. The van der Waals surface area contributed by atoms with E-state index >= 15 is 0 Å². The number of fused-ring (bicyclic) bond motifs is 1. The molecule has 0 spiro atoms. The number of rotatable bonds is 6. The van der Waals surface area contributed by atoms with Crippen molar-refractivity contribution in [1.82, 2.24) is 10.2 Å². The molecule has 2 fully saturated rings. The predicted octanol–water partition coefficient (Wildman–Crippen LogP) is 1.62. The third kappa shape index (κ3) is 4.21. The van der Waals surface area contributed by atoms with Gasteiger partial charge in [-0.1, -0.05) is 6.07 Å². The van der Waals surface area contributed by atoms with Crippen LogP contribution < -0.4 is 15.4 Å². The summed E-state index contributed by atoms with van der Waals surface area (Å²) in [6.45, 7) is 0.548. The SMILES string of the molecule is COCCN1C(=O)NC2CC(C(=O)Nc3cccc(OC)c3)CCC2C1=O. The highest BCUT2D eigenvalue weighted by atomic mass is 16.5. The van der Waals surface area contributed by atoms with Crippen LogP contribution in [0.15, 0.2) is 24.3 Å². The lowest BCUT2D eigenvalue weighted by atomic mass is 9.76. The van der Waals surface area contributed by atoms with E-state index in [2.05, 4.69) is 10.6 Å². The highest BCUT2D eigenvalue weighted by Crippen LogP contribution is 2.33. The Labute approximate surface area is 158 Å². The van der Waals surface area contributed by atoms with Gasteiger partial charge in [-0.3, -0.25) is 14.5 Å². The van der Waals surface area contributed by atoms with Crippen LogP contribution in [0.3, 0.4) is 0 Å². The summed E-state index contributed by atoms with van der Waals surface area (Å²) in [4.78, 5) is 38.7. The maximum absolute atomic E-state index is 12.6. The number of carbonyl (C=O) groups excluding carboxylic acids is 3. The third-order valence-corrected chi connectivity index (χ3v) is 5.21. The Morgan fingerprint density at radius 2 is 2.11 bits per heavy atom. The van der Waals surface area contributed by atoms with Crippen LogP contribution in [-0.4, -0.2) is 56.2 Å². The molecule has 1 aromatic carbocycles. The molecule has 8 nitrogen and oxygen atoms in total. The molecule has 2 N–H and O–H groups in total. The van der Waals surface area contributed by atoms with Crippen molar-refractivity contribution >= 4 is 23.5 Å². The van der Waals surface area contributed by atoms with Crippen LogP contribution in [0.25, 0.3) is 0 Å². The Morgan fingerprint density at radius 3 is 2.85 bits per heavy atom. The molecule has 3 unspecified atom stereocenters. The maximum Gasteiger partial charge on any atom is 0.324 e. The summed E-state index contributed by atoms with van der Waals surface area (Å²) < 4.78 is 10.1. The van der Waals surface area contributed by atoms with E-state index in [1.54, 1.807) is 31.4 Å². The minimum Gasteiger partial charge on any atom is -0.497 e. The monoisotopic (exact) mass is 375 g/mol. The Morgan fingerprint density at radius 1 is 1.30 bits per heavy atom. The number of anilines is 1. The average Bonchev–Trinajstić information content (AvgIpc) is 2.67. The molecule has 146 valence electrons. The molecule has 3 atom stereocenters. The van der Waals surface area contributed by atoms with E-state index in [9.17, 15) is 14.4 Å². The Balaban J connectivity index is 1.61. The number of hydrogen-bond acceptors (Lipinski definition) is 5. The normalized spacial score (nSPS) is 24.8. The van der Waals surface area contributed by atoms with E-state index in [0.29, 0.717) is 37.3 Å². The van der Waals surface area contributed by atoms with E-state index in [0.717, 1.165) is 0 Å². The number of carbonyl (C=O) groups is 3. The minimum absolute atomic E-state index is 0.106. The Bertz CT molecular complexity index is 723. The molecule has 0 radical (unpaired) electrons. The van der Waals surface area contributed by atoms with Crippen LogP contribution in [-0.2, 0) is 14.3 Å². The number of imide groups is 1. The molecule has 1 aliphatic heterocycles. The van der Waals surface area contributed by atoms with Gasteiger partial charge >= 0.3 is 6.03 Å². The number of methoxy groups -OCH3 is 2. The van der Waals surface area contributed by atoms with Gasteiger partial charge in [0, 0.05) is 30.8 Å². The summed E-state index contributed by atoms with van der Waals surface area (Å²) in [6, 6.07) is 6.44. The van der Waals surface area contributed by atoms with Gasteiger partial charge in [-0.15, -0.1) is 0 Å². The van der Waals surface area contributed by atoms with E-state index in [4.69, 9.17) is 9.47 Å². The summed E-state index contributed by atoms with van der Waals surface area (Å²) in [5, 5.41) is 5.78. The van der Waals surface area contributed by atoms with Gasteiger partial charge in [0.15, 0.2) is 0 Å². The highest BCUT2D eigenvalue weighted by molar-refractivity contribution is 5.99. The molecule has 1 aromatic rings. The second kappa shape index (κ2) is 8.39. The third-order valence-electron chi connectivity index (χ3n) is 5.21. The first-order valence-electron chi connectivity index (χ1n) is 9.09. The van der Waals surface area contributed by atoms with Gasteiger partial charge in [0.2, 0.25) is 11.8 Å². The number of urea groups is 1. The average molecular weight is 375 g/mol. The molecule has 8 heteroatoms. The molecule has 1 saturated carbocycles. The standard InChI is InChI=1S/C19H25N3O5/c1-26-9-8-22-18(24)15-7-6-12(10-16(15)21-19(22)25)17(23)20-13-4-3-5-14(11-13)27-2/h3-5,11-12,15-16H,6-10H2,1-2H3,(H,20,23)(H,21,25). The van der Waals surface area contributed by atoms with Crippen LogP contribution >= 0.6 is 0 Å². The smallest absolute Gasteiger partial charge is 0.324 e. The number of amides is 4. The van der Waals surface area contributed by atoms with Crippen molar-refractivity contribution in [2.75, 3.05) is 32.7 Å². The zero-order valence-electron chi connectivity index (χ0n) is 15.6. The second-order valence-electron chi connectivity index (χ2n) is 6.88. The first-order chi connectivity index (χ1) is 13.0. The molecular weight excluding hydrogens is 350 g/mol. The number of hydrogen-bond donors (Lipinski definition) is 2. The summed E-state index contributed by atoms with van der Waals surface area (Å²) in [7, 11) is 3.10. The Kier molecular flexibility index (Phi) is 5.95. The topological polar surface area (TPSA) is 97.0 Å². The van der Waals surface area contributed by atoms with Gasteiger partial charge in [-0.05, 0) is 31.4 Å². The Hall–Kier alpha value is -2.61. The summed E-state index contributed by atoms with van der Waals surface area (Å²) in [5.41, 5.74) is 0.663. The second-order valence-corrected chi connectivity index (χ2v) is 6.88. The van der Waals surface area contributed by atoms with Gasteiger partial charge in [0.25, 0.3) is 0 Å². The lowest BCUT2D eigenvalue weighted by Gasteiger charge is -2.41. The van der Waals surface area contributed by atoms with Crippen LogP contribution in [0.4, 0.5) is 10.5 Å². The maximum atomic E-state index is 12.6. The molecule has 27 heavy (non-hydrogen) atoms. The lowest BCUT2D eigenvalue weighted by Crippen LogP contribution is -2.62. The van der Waals surface area contributed by atoms with Crippen molar-refractivity contribution in [3.05, 3.63) is 24.3 Å². The van der Waals surface area contributed by atoms with Crippen LogP contribution in [0.1, 0.15) is 19.3 Å². The molecule has 1 heterocycles. The van der Waals surface area contributed by atoms with Crippen molar-refractivity contribution in [3.63, 3.8) is 0 Å². The highest BCUT2D eigenvalue weighted by Gasteiger charge is 2.45. The molecule has 3 rings (SSSR count). The zero-order valence-corrected chi connectivity index (χ0v) is 15.6. The van der Waals surface area contributed by atoms with E-state index in [1.807, 2.05) is 0 Å². The molecule has 4 amide bonds.